The van der Waals surface area contributed by atoms with Crippen molar-refractivity contribution >= 4 is 25.3 Å². The number of thiol groups is 2. The summed E-state index contributed by atoms with van der Waals surface area (Å²) < 4.78 is 0. The van der Waals surface area contributed by atoms with Gasteiger partial charge in [-0.25, -0.2) is 0 Å². The molecule has 0 aliphatic heterocycles. The lowest BCUT2D eigenvalue weighted by Crippen LogP contribution is -1.84. The van der Waals surface area contributed by atoms with Crippen molar-refractivity contribution in [2.75, 3.05) is 0 Å². The summed E-state index contributed by atoms with van der Waals surface area (Å²) in [4.78, 5) is 0. The van der Waals surface area contributed by atoms with Crippen LogP contribution in [0.5, 0.6) is 0 Å². The second kappa shape index (κ2) is 7.75. The number of hydrogen-bond donors (Lipinski definition) is 2. The van der Waals surface area contributed by atoms with E-state index in [0.29, 0.717) is 11.5 Å². The van der Waals surface area contributed by atoms with Gasteiger partial charge in [-0.3, -0.25) is 0 Å². The minimum atomic E-state index is 0.681. The summed E-state index contributed by atoms with van der Waals surface area (Å²) >= 11 is 8.59. The maximum Gasteiger partial charge on any atom is 0.0295 e. The maximum atomic E-state index is 4.30. The van der Waals surface area contributed by atoms with Crippen LogP contribution in [0.25, 0.3) is 0 Å². The quantitative estimate of drug-likeness (QED) is 0.608. The molecule has 2 heteroatoms. The normalized spacial score (nSPS) is 9.10. The Hall–Kier alpha value is -1.74. The van der Waals surface area contributed by atoms with Crippen molar-refractivity contribution in [1.82, 2.24) is 0 Å². The largest absolute Gasteiger partial charge is 0.175 e. The zero-order chi connectivity index (χ0) is 14.2. The third-order valence-corrected chi connectivity index (χ3v) is 3.51. The van der Waals surface area contributed by atoms with E-state index in [9.17, 15) is 0 Å². The monoisotopic (exact) mass is 294 g/mol. The molecule has 2 aromatic carbocycles. The second-order valence-electron chi connectivity index (χ2n) is 4.13. The molecule has 0 unspecified atom stereocenters. The zero-order valence-corrected chi connectivity index (χ0v) is 12.7. The Morgan fingerprint density at radius 1 is 0.650 bits per heavy atom. The summed E-state index contributed by atoms with van der Waals surface area (Å²) in [7, 11) is 0. The fourth-order valence-corrected chi connectivity index (χ4v) is 2.31. The molecule has 0 spiro atoms. The van der Waals surface area contributed by atoms with Gasteiger partial charge in [-0.05, 0) is 35.1 Å². The molecule has 0 N–H and O–H groups in total. The molecule has 0 nitrogen and oxygen atoms in total. The van der Waals surface area contributed by atoms with E-state index in [1.54, 1.807) is 0 Å². The van der Waals surface area contributed by atoms with Gasteiger partial charge >= 0.3 is 0 Å². The van der Waals surface area contributed by atoms with Crippen LogP contribution in [-0.4, -0.2) is 0 Å². The molecule has 0 aliphatic rings. The van der Waals surface area contributed by atoms with Crippen LogP contribution in [0.3, 0.4) is 0 Å². The molecule has 0 saturated carbocycles. The summed E-state index contributed by atoms with van der Waals surface area (Å²) in [5.41, 5.74) is 4.22. The molecular weight excluding hydrogens is 280 g/mol. The highest BCUT2D eigenvalue weighted by atomic mass is 32.1. The Balaban J connectivity index is 2.22. The minimum absolute atomic E-state index is 0.681. The van der Waals surface area contributed by atoms with Crippen LogP contribution in [0.4, 0.5) is 0 Å². The Morgan fingerprint density at radius 3 is 1.45 bits per heavy atom. The van der Waals surface area contributed by atoms with Crippen LogP contribution in [0.1, 0.15) is 22.3 Å². The summed E-state index contributed by atoms with van der Waals surface area (Å²) in [6.07, 6.45) is 0. The van der Waals surface area contributed by atoms with E-state index in [0.717, 1.165) is 22.3 Å². The van der Waals surface area contributed by atoms with Crippen LogP contribution >= 0.6 is 25.3 Å². The Bertz CT molecular complexity index is 646. The fourth-order valence-electron chi connectivity index (χ4n) is 1.76. The van der Waals surface area contributed by atoms with E-state index >= 15 is 0 Å². The van der Waals surface area contributed by atoms with E-state index in [-0.39, 0.29) is 0 Å². The van der Waals surface area contributed by atoms with E-state index in [2.05, 4.69) is 48.9 Å². The van der Waals surface area contributed by atoms with Gasteiger partial charge in [0.15, 0.2) is 0 Å². The first-order chi connectivity index (χ1) is 9.85. The van der Waals surface area contributed by atoms with Gasteiger partial charge in [-0.2, -0.15) is 25.3 Å². The summed E-state index contributed by atoms with van der Waals surface area (Å²) in [5, 5.41) is 0. The second-order valence-corrected chi connectivity index (χ2v) is 4.76. The molecule has 0 radical (unpaired) electrons. The lowest BCUT2D eigenvalue weighted by atomic mass is 10.1. The van der Waals surface area contributed by atoms with Gasteiger partial charge in [0.1, 0.15) is 0 Å². The summed E-state index contributed by atoms with van der Waals surface area (Å²) in [6, 6.07) is 16.0. The van der Waals surface area contributed by atoms with Gasteiger partial charge in [0.25, 0.3) is 0 Å². The molecule has 0 atom stereocenters. The van der Waals surface area contributed by atoms with Crippen LogP contribution in [0.15, 0.2) is 48.5 Å². The lowest BCUT2D eigenvalue weighted by Gasteiger charge is -1.98. The topological polar surface area (TPSA) is 0 Å². The van der Waals surface area contributed by atoms with Crippen molar-refractivity contribution in [3.63, 3.8) is 0 Å². The van der Waals surface area contributed by atoms with Gasteiger partial charge in [-0.15, -0.1) is 0 Å². The predicted molar refractivity (Wildman–Crippen MR) is 92.0 cm³/mol. The molecule has 20 heavy (non-hydrogen) atoms. The van der Waals surface area contributed by atoms with Gasteiger partial charge < -0.3 is 0 Å². The first-order valence-electron chi connectivity index (χ1n) is 6.24. The van der Waals surface area contributed by atoms with E-state index in [1.165, 1.54) is 0 Å². The number of benzene rings is 2. The van der Waals surface area contributed by atoms with Crippen molar-refractivity contribution in [1.29, 1.82) is 0 Å². The van der Waals surface area contributed by atoms with Crippen LogP contribution in [0, 0.1) is 23.7 Å². The average Bonchev–Trinajstić information content (AvgIpc) is 2.52. The molecule has 0 fully saturated rings. The van der Waals surface area contributed by atoms with E-state index in [4.69, 9.17) is 0 Å². The molecule has 98 valence electrons. The predicted octanol–water partition coefficient (Wildman–Crippen LogP) is 3.95. The smallest absolute Gasteiger partial charge is 0.0295 e. The Kier molecular flexibility index (Phi) is 5.69. The summed E-state index contributed by atoms with van der Waals surface area (Å²) in [6.45, 7) is 0. The van der Waals surface area contributed by atoms with Crippen molar-refractivity contribution in [3.05, 3.63) is 70.8 Å². The van der Waals surface area contributed by atoms with Gasteiger partial charge in [0.05, 0.1) is 0 Å². The van der Waals surface area contributed by atoms with Crippen molar-refractivity contribution in [2.45, 2.75) is 11.5 Å². The third kappa shape index (κ3) is 3.87. The lowest BCUT2D eigenvalue weighted by molar-refractivity contribution is 1.40. The minimum Gasteiger partial charge on any atom is -0.175 e. The SMILES string of the molecule is SCc1ccccc1C#CC#Cc1ccccc1CS. The Morgan fingerprint density at radius 2 is 1.05 bits per heavy atom. The first kappa shape index (κ1) is 14.7. The highest BCUT2D eigenvalue weighted by Gasteiger charge is 1.95. The molecule has 2 aromatic rings. The fraction of sp³-hybridized carbons (Fsp3) is 0.111. The van der Waals surface area contributed by atoms with Gasteiger partial charge in [0.2, 0.25) is 0 Å². The number of rotatable bonds is 2. The van der Waals surface area contributed by atoms with Crippen LogP contribution in [-0.2, 0) is 11.5 Å². The Labute approximate surface area is 131 Å². The molecule has 0 aromatic heterocycles. The molecule has 2 rings (SSSR count). The standard InChI is InChI=1S/C18H14S2/c19-13-17-11-5-3-9-15(17)7-1-2-8-16-10-4-6-12-18(16)14-20/h3-6,9-12,19-20H,13-14H2. The molecule has 0 amide bonds. The molecule has 0 heterocycles. The molecule has 0 bridgehead atoms. The van der Waals surface area contributed by atoms with E-state index < -0.39 is 0 Å². The van der Waals surface area contributed by atoms with E-state index in [1.807, 2.05) is 48.5 Å². The highest BCUT2D eigenvalue weighted by molar-refractivity contribution is 7.79. The third-order valence-electron chi connectivity index (χ3n) is 2.83. The maximum absolute atomic E-state index is 4.30. The van der Waals surface area contributed by atoms with Crippen LogP contribution < -0.4 is 0 Å². The molecular formula is C18H14S2. The first-order valence-corrected chi connectivity index (χ1v) is 7.51. The van der Waals surface area contributed by atoms with Crippen LogP contribution in [0.2, 0.25) is 0 Å². The van der Waals surface area contributed by atoms with Crippen molar-refractivity contribution in [3.8, 4) is 23.7 Å². The van der Waals surface area contributed by atoms with Crippen molar-refractivity contribution in [2.24, 2.45) is 0 Å². The zero-order valence-electron chi connectivity index (χ0n) is 10.9. The average molecular weight is 294 g/mol. The number of hydrogen-bond acceptors (Lipinski definition) is 2. The van der Waals surface area contributed by atoms with Crippen molar-refractivity contribution < 1.29 is 0 Å². The summed E-state index contributed by atoms with van der Waals surface area (Å²) in [5.74, 6) is 13.3. The van der Waals surface area contributed by atoms with Gasteiger partial charge in [0, 0.05) is 22.6 Å². The highest BCUT2D eigenvalue weighted by Crippen LogP contribution is 2.10. The molecule has 0 aliphatic carbocycles. The molecule has 0 saturated heterocycles. The van der Waals surface area contributed by atoms with Gasteiger partial charge in [-0.1, -0.05) is 48.2 Å².